The first-order valence-corrected chi connectivity index (χ1v) is 8.88. The summed E-state index contributed by atoms with van der Waals surface area (Å²) in [6, 6.07) is 9.26. The minimum atomic E-state index is -0.317. The van der Waals surface area contributed by atoms with E-state index in [0.717, 1.165) is 22.0 Å². The number of nitrogens with one attached hydrogen (secondary N) is 2. The molecule has 1 aliphatic heterocycles. The molecule has 1 aromatic carbocycles. The Morgan fingerprint density at radius 2 is 2.21 bits per heavy atom. The van der Waals surface area contributed by atoms with E-state index in [2.05, 4.69) is 25.5 Å². The van der Waals surface area contributed by atoms with Crippen LogP contribution in [0.25, 0.3) is 22.6 Å². The number of carbonyl (C=O) groups is 1. The van der Waals surface area contributed by atoms with Gasteiger partial charge < -0.3 is 14.8 Å². The monoisotopic (exact) mass is 385 g/mol. The number of H-pyrrole nitrogens is 1. The summed E-state index contributed by atoms with van der Waals surface area (Å²) in [6.07, 6.45) is 6.67. The van der Waals surface area contributed by atoms with Gasteiger partial charge in [0.25, 0.3) is 0 Å². The number of benzene rings is 1. The van der Waals surface area contributed by atoms with Crippen molar-refractivity contribution in [1.29, 1.82) is 0 Å². The summed E-state index contributed by atoms with van der Waals surface area (Å²) < 4.78 is 5.82. The van der Waals surface area contributed by atoms with Crippen LogP contribution >= 0.6 is 0 Å². The van der Waals surface area contributed by atoms with E-state index in [1.165, 1.54) is 6.92 Å². The van der Waals surface area contributed by atoms with Crippen molar-refractivity contribution in [3.8, 4) is 5.75 Å². The molecule has 3 aromatic heterocycles. The fourth-order valence-electron chi connectivity index (χ4n) is 3.28. The van der Waals surface area contributed by atoms with Crippen molar-refractivity contribution in [3.05, 3.63) is 59.6 Å². The topological polar surface area (TPSA) is 116 Å². The molecule has 4 heterocycles. The third-order valence-electron chi connectivity index (χ3n) is 4.67. The highest BCUT2D eigenvalue weighted by atomic mass is 16.4. The van der Waals surface area contributed by atoms with Crippen LogP contribution < -0.4 is 5.32 Å². The second-order valence-electron chi connectivity index (χ2n) is 6.60. The number of hydrogen-bond acceptors (Lipinski definition) is 7. The number of anilines is 2. The van der Waals surface area contributed by atoms with Crippen LogP contribution in [0.15, 0.2) is 52.1 Å². The highest BCUT2D eigenvalue weighted by Crippen LogP contribution is 2.39. The Kier molecular flexibility index (Phi) is 3.77. The molecule has 142 valence electrons. The summed E-state index contributed by atoms with van der Waals surface area (Å²) in [4.78, 5) is 20.6. The minimum Gasteiger partial charge on any atom is -0.504 e. The lowest BCUT2D eigenvalue weighted by Crippen LogP contribution is -1.97. The standard InChI is InChI=1S/C21H15N5O3/c1-11(27)18-19(28)17(7-13-9-23-20-15(13)3-2-6-22-20)29-21(18)25-14-5-4-12-10-24-26-16(12)8-14/h2-10,25,28H,1H3,(H,24,26). The Balaban J connectivity index is 1.56. The largest absolute Gasteiger partial charge is 0.504 e. The molecule has 5 rings (SSSR count). The molecular formula is C21H15N5O3. The van der Waals surface area contributed by atoms with Crippen LogP contribution in [0.4, 0.5) is 17.4 Å². The number of rotatable bonds is 4. The Morgan fingerprint density at radius 3 is 3.07 bits per heavy atom. The number of fused-ring (bicyclic) bond motifs is 2. The van der Waals surface area contributed by atoms with Crippen LogP contribution in [0.2, 0.25) is 0 Å². The van der Waals surface area contributed by atoms with Crippen molar-refractivity contribution < 1.29 is 14.3 Å². The van der Waals surface area contributed by atoms with E-state index in [0.29, 0.717) is 11.5 Å². The summed E-state index contributed by atoms with van der Waals surface area (Å²) in [5, 5.41) is 21.5. The number of furan rings is 1. The Hall–Kier alpha value is -4.20. The second-order valence-corrected chi connectivity index (χ2v) is 6.60. The maximum absolute atomic E-state index is 12.2. The number of allylic oxidation sites excluding steroid dienone is 1. The first-order valence-electron chi connectivity index (χ1n) is 8.88. The van der Waals surface area contributed by atoms with E-state index in [-0.39, 0.29) is 28.7 Å². The quantitative estimate of drug-likeness (QED) is 0.447. The first-order chi connectivity index (χ1) is 14.1. The number of aliphatic imine (C=N–C) groups is 1. The predicted octanol–water partition coefficient (Wildman–Crippen LogP) is 4.46. The minimum absolute atomic E-state index is 0.0860. The third-order valence-corrected chi connectivity index (χ3v) is 4.67. The summed E-state index contributed by atoms with van der Waals surface area (Å²) in [7, 11) is 0. The molecular weight excluding hydrogens is 370 g/mol. The number of aromatic nitrogens is 3. The molecule has 29 heavy (non-hydrogen) atoms. The normalized spacial score (nSPS) is 13.9. The molecule has 3 N–H and O–H groups in total. The van der Waals surface area contributed by atoms with Gasteiger partial charge in [0.05, 0.1) is 11.7 Å². The van der Waals surface area contributed by atoms with Crippen LogP contribution in [0.1, 0.15) is 28.6 Å². The van der Waals surface area contributed by atoms with Crippen LogP contribution in [0.5, 0.6) is 5.75 Å². The van der Waals surface area contributed by atoms with E-state index >= 15 is 0 Å². The van der Waals surface area contributed by atoms with Gasteiger partial charge in [-0.1, -0.05) is 0 Å². The summed E-state index contributed by atoms with van der Waals surface area (Å²) in [6.45, 7) is 1.38. The smallest absolute Gasteiger partial charge is 0.212 e. The van der Waals surface area contributed by atoms with Crippen molar-refractivity contribution >= 4 is 51.9 Å². The number of carbonyl (C=O) groups excluding carboxylic acids is 1. The highest BCUT2D eigenvalue weighted by Gasteiger charge is 2.24. The highest BCUT2D eigenvalue weighted by molar-refractivity contribution is 6.21. The number of aromatic amines is 1. The maximum Gasteiger partial charge on any atom is 0.212 e. The molecule has 4 aromatic rings. The van der Waals surface area contributed by atoms with E-state index in [1.54, 1.807) is 24.7 Å². The van der Waals surface area contributed by atoms with E-state index in [9.17, 15) is 9.90 Å². The second kappa shape index (κ2) is 6.45. The van der Waals surface area contributed by atoms with Crippen LogP contribution in [0.3, 0.4) is 0 Å². The van der Waals surface area contributed by atoms with Gasteiger partial charge in [-0.05, 0) is 43.3 Å². The lowest BCUT2D eigenvalue weighted by molar-refractivity contribution is 0.101. The average Bonchev–Trinajstić information content (AvgIpc) is 3.40. The number of Topliss-reactive ketones (excluding diaryl/α,β-unsaturated/α-hetero) is 1. The van der Waals surface area contributed by atoms with Gasteiger partial charge in [-0.25, -0.2) is 9.98 Å². The number of nitrogens with zero attached hydrogens (tertiary/aromatic N) is 3. The molecule has 0 amide bonds. The molecule has 0 saturated carbocycles. The molecule has 8 nitrogen and oxygen atoms in total. The van der Waals surface area contributed by atoms with Gasteiger partial charge in [0, 0.05) is 34.6 Å². The third kappa shape index (κ3) is 2.87. The number of ketones is 1. The van der Waals surface area contributed by atoms with E-state index < -0.39 is 0 Å². The van der Waals surface area contributed by atoms with Crippen LogP contribution in [0, 0.1) is 0 Å². The van der Waals surface area contributed by atoms with Crippen molar-refractivity contribution in [1.82, 2.24) is 15.2 Å². The van der Waals surface area contributed by atoms with Crippen molar-refractivity contribution in [2.75, 3.05) is 5.32 Å². The summed E-state index contributed by atoms with van der Waals surface area (Å²) >= 11 is 0. The van der Waals surface area contributed by atoms with Gasteiger partial charge in [-0.15, -0.1) is 0 Å². The number of aromatic hydroxyl groups is 1. The van der Waals surface area contributed by atoms with Crippen molar-refractivity contribution in [2.45, 2.75) is 6.92 Å². The SMILES string of the molecule is CC(=O)c1c(Nc2ccc3cn[nH]c3c2)oc(C=C2C=Nc3ncccc32)c1O. The van der Waals surface area contributed by atoms with E-state index in [4.69, 9.17) is 4.42 Å². The van der Waals surface area contributed by atoms with Crippen molar-refractivity contribution in [2.24, 2.45) is 4.99 Å². The molecule has 0 spiro atoms. The predicted molar refractivity (Wildman–Crippen MR) is 110 cm³/mol. The van der Waals surface area contributed by atoms with Crippen molar-refractivity contribution in [3.63, 3.8) is 0 Å². The number of hydrogen-bond donors (Lipinski definition) is 3. The van der Waals surface area contributed by atoms with E-state index in [1.807, 2.05) is 30.3 Å². The molecule has 0 aliphatic carbocycles. The first kappa shape index (κ1) is 16.9. The van der Waals surface area contributed by atoms with Gasteiger partial charge in [0.15, 0.2) is 23.1 Å². The van der Waals surface area contributed by atoms with Gasteiger partial charge >= 0.3 is 0 Å². The average molecular weight is 385 g/mol. The zero-order valence-corrected chi connectivity index (χ0v) is 15.3. The zero-order chi connectivity index (χ0) is 20.0. The van der Waals surface area contributed by atoms with Gasteiger partial charge in [0.2, 0.25) is 5.88 Å². The molecule has 8 heteroatoms. The number of pyridine rings is 1. The van der Waals surface area contributed by atoms with Gasteiger partial charge in [-0.3, -0.25) is 9.89 Å². The van der Waals surface area contributed by atoms with Crippen LogP contribution in [-0.2, 0) is 0 Å². The molecule has 0 unspecified atom stereocenters. The maximum atomic E-state index is 12.2. The molecule has 0 atom stereocenters. The summed E-state index contributed by atoms with van der Waals surface area (Å²) in [5.74, 6) is 0.396. The van der Waals surface area contributed by atoms with Gasteiger partial charge in [0.1, 0.15) is 5.56 Å². The molecule has 0 saturated heterocycles. The molecule has 0 radical (unpaired) electrons. The molecule has 1 aliphatic rings. The Morgan fingerprint density at radius 1 is 1.31 bits per heavy atom. The fourth-order valence-corrected chi connectivity index (χ4v) is 3.28. The van der Waals surface area contributed by atoms with Gasteiger partial charge in [-0.2, -0.15) is 5.10 Å². The Bertz CT molecular complexity index is 1330. The fraction of sp³-hybridized carbons (Fsp3) is 0.0476. The Labute approximate surface area is 164 Å². The zero-order valence-electron chi connectivity index (χ0n) is 15.3. The van der Waals surface area contributed by atoms with Crippen LogP contribution in [-0.4, -0.2) is 32.3 Å². The lowest BCUT2D eigenvalue weighted by Gasteiger charge is -2.04. The molecule has 0 fully saturated rings. The summed E-state index contributed by atoms with van der Waals surface area (Å²) in [5.41, 5.74) is 3.17. The lowest BCUT2D eigenvalue weighted by atomic mass is 10.1. The molecule has 0 bridgehead atoms.